The summed E-state index contributed by atoms with van der Waals surface area (Å²) in [6, 6.07) is 20.6. The molecule has 1 heterocycles. The minimum absolute atomic E-state index is 0.0766. The molecule has 30 heavy (non-hydrogen) atoms. The molecule has 0 fully saturated rings. The summed E-state index contributed by atoms with van der Waals surface area (Å²) in [5, 5.41) is 3.17. The summed E-state index contributed by atoms with van der Waals surface area (Å²) >= 11 is 0. The Labute approximate surface area is 172 Å². The Kier molecular flexibility index (Phi) is 5.22. The molecule has 0 unspecified atom stereocenters. The highest BCUT2D eigenvalue weighted by Gasteiger charge is 2.19. The molecule has 0 saturated carbocycles. The van der Waals surface area contributed by atoms with Crippen molar-refractivity contribution in [3.63, 3.8) is 0 Å². The van der Waals surface area contributed by atoms with Gasteiger partial charge in [-0.15, -0.1) is 0 Å². The topological polar surface area (TPSA) is 77.8 Å². The van der Waals surface area contributed by atoms with Gasteiger partial charge in [0.1, 0.15) is 17.1 Å². The molecule has 4 rings (SSSR count). The number of benzene rings is 3. The van der Waals surface area contributed by atoms with Crippen LogP contribution in [0.1, 0.15) is 10.4 Å². The summed E-state index contributed by atoms with van der Waals surface area (Å²) in [5.74, 6) is 0.904. The molecule has 1 aromatic heterocycles. The van der Waals surface area contributed by atoms with Crippen LogP contribution in [-0.2, 0) is 0 Å². The molecule has 4 aromatic rings. The predicted molar refractivity (Wildman–Crippen MR) is 115 cm³/mol. The highest BCUT2D eigenvalue weighted by atomic mass is 16.5. The van der Waals surface area contributed by atoms with E-state index in [1.807, 2.05) is 0 Å². The largest absolute Gasteiger partial charge is 0.497 e. The summed E-state index contributed by atoms with van der Waals surface area (Å²) in [4.78, 5) is 26.1. The first-order valence-electron chi connectivity index (χ1n) is 9.26. The molecular weight excluding hydrogens is 382 g/mol. The molecule has 0 bridgehead atoms. The highest BCUT2D eigenvalue weighted by molar-refractivity contribution is 6.06. The van der Waals surface area contributed by atoms with Crippen molar-refractivity contribution in [2.45, 2.75) is 0 Å². The second-order valence-corrected chi connectivity index (χ2v) is 6.55. The summed E-state index contributed by atoms with van der Waals surface area (Å²) < 4.78 is 16.4. The van der Waals surface area contributed by atoms with Gasteiger partial charge >= 0.3 is 0 Å². The summed E-state index contributed by atoms with van der Waals surface area (Å²) in [6.07, 6.45) is 0. The number of fused-ring (bicyclic) bond motifs is 1. The molecule has 0 atom stereocenters. The van der Waals surface area contributed by atoms with Crippen molar-refractivity contribution in [2.75, 3.05) is 19.5 Å². The van der Waals surface area contributed by atoms with Gasteiger partial charge in [0.15, 0.2) is 0 Å². The van der Waals surface area contributed by atoms with E-state index in [0.29, 0.717) is 33.6 Å². The second-order valence-electron chi connectivity index (χ2n) is 6.55. The average molecular weight is 401 g/mol. The zero-order valence-electron chi connectivity index (χ0n) is 16.5. The summed E-state index contributed by atoms with van der Waals surface area (Å²) in [7, 11) is 3.10. The molecule has 6 heteroatoms. The van der Waals surface area contributed by atoms with E-state index < -0.39 is 5.91 Å². The number of ether oxygens (including phenoxy) is 2. The van der Waals surface area contributed by atoms with Gasteiger partial charge in [-0.1, -0.05) is 24.3 Å². The first-order chi connectivity index (χ1) is 14.6. The van der Waals surface area contributed by atoms with Crippen LogP contribution in [0.5, 0.6) is 11.5 Å². The fourth-order valence-electron chi connectivity index (χ4n) is 3.19. The SMILES string of the molecule is COc1ccc(C(=O)Nc2oc3ccccc3c(=O)c2-c2cccc(OC)c2)cc1. The zero-order valence-corrected chi connectivity index (χ0v) is 16.5. The van der Waals surface area contributed by atoms with Crippen molar-refractivity contribution in [3.05, 3.63) is 88.6 Å². The van der Waals surface area contributed by atoms with E-state index in [9.17, 15) is 9.59 Å². The quantitative estimate of drug-likeness (QED) is 0.523. The summed E-state index contributed by atoms with van der Waals surface area (Å²) in [6.45, 7) is 0. The fraction of sp³-hybridized carbons (Fsp3) is 0.0833. The second kappa shape index (κ2) is 8.13. The van der Waals surface area contributed by atoms with Gasteiger partial charge in [-0.2, -0.15) is 0 Å². The number of carbonyl (C=O) groups excluding carboxylic acids is 1. The van der Waals surface area contributed by atoms with Gasteiger partial charge in [0.05, 0.1) is 25.2 Å². The van der Waals surface area contributed by atoms with Gasteiger partial charge in [-0.3, -0.25) is 14.9 Å². The monoisotopic (exact) mass is 401 g/mol. The number of amides is 1. The Morgan fingerprint density at radius 2 is 1.60 bits per heavy atom. The maximum atomic E-state index is 13.3. The Morgan fingerprint density at radius 1 is 0.867 bits per heavy atom. The van der Waals surface area contributed by atoms with Crippen molar-refractivity contribution >= 4 is 22.8 Å². The zero-order chi connectivity index (χ0) is 21.1. The van der Waals surface area contributed by atoms with Gasteiger partial charge < -0.3 is 13.9 Å². The van der Waals surface area contributed by atoms with E-state index in [4.69, 9.17) is 13.9 Å². The number of anilines is 1. The standard InChI is InChI=1S/C24H19NO5/c1-28-17-12-10-15(11-13-17)23(27)25-24-21(16-6-5-7-18(14-16)29-2)22(26)19-8-3-4-9-20(19)30-24/h3-14H,1-2H3,(H,25,27). The van der Waals surface area contributed by atoms with Crippen LogP contribution in [-0.4, -0.2) is 20.1 Å². The van der Waals surface area contributed by atoms with Crippen molar-refractivity contribution < 1.29 is 18.7 Å². The van der Waals surface area contributed by atoms with E-state index in [1.165, 1.54) is 0 Å². The van der Waals surface area contributed by atoms with E-state index in [0.717, 1.165) is 0 Å². The summed E-state index contributed by atoms with van der Waals surface area (Å²) in [5.41, 5.74) is 1.39. The maximum Gasteiger partial charge on any atom is 0.257 e. The smallest absolute Gasteiger partial charge is 0.257 e. The van der Waals surface area contributed by atoms with E-state index in [2.05, 4.69) is 5.32 Å². The maximum absolute atomic E-state index is 13.3. The lowest BCUT2D eigenvalue weighted by atomic mass is 10.0. The van der Waals surface area contributed by atoms with Crippen LogP contribution < -0.4 is 20.2 Å². The molecule has 0 spiro atoms. The number of para-hydroxylation sites is 1. The van der Waals surface area contributed by atoms with Crippen LogP contribution in [0.25, 0.3) is 22.1 Å². The Morgan fingerprint density at radius 3 is 2.33 bits per heavy atom. The lowest BCUT2D eigenvalue weighted by Gasteiger charge is -2.12. The third-order valence-electron chi connectivity index (χ3n) is 4.74. The van der Waals surface area contributed by atoms with E-state index >= 15 is 0 Å². The molecule has 150 valence electrons. The molecule has 1 amide bonds. The lowest BCUT2D eigenvalue weighted by molar-refractivity contribution is 0.102. The van der Waals surface area contributed by atoms with Gasteiger partial charge in [-0.05, 0) is 54.1 Å². The Bertz CT molecular complexity index is 1280. The molecule has 6 nitrogen and oxygen atoms in total. The molecule has 0 radical (unpaired) electrons. The van der Waals surface area contributed by atoms with Crippen molar-refractivity contribution in [2.24, 2.45) is 0 Å². The third-order valence-corrected chi connectivity index (χ3v) is 4.74. The van der Waals surface area contributed by atoms with E-state index in [-0.39, 0.29) is 16.9 Å². The number of rotatable bonds is 5. The lowest BCUT2D eigenvalue weighted by Crippen LogP contribution is -2.16. The minimum Gasteiger partial charge on any atom is -0.497 e. The Hall–Kier alpha value is -4.06. The molecule has 1 N–H and O–H groups in total. The molecule has 0 aliphatic carbocycles. The molecular formula is C24H19NO5. The van der Waals surface area contributed by atoms with Crippen LogP contribution in [0.4, 0.5) is 5.88 Å². The first kappa shape index (κ1) is 19.3. The number of methoxy groups -OCH3 is 2. The molecule has 0 aliphatic rings. The highest BCUT2D eigenvalue weighted by Crippen LogP contribution is 2.31. The van der Waals surface area contributed by atoms with Crippen LogP contribution in [0, 0.1) is 0 Å². The van der Waals surface area contributed by atoms with Crippen molar-refractivity contribution in [1.29, 1.82) is 0 Å². The molecule has 0 saturated heterocycles. The minimum atomic E-state index is -0.403. The molecule has 0 aliphatic heterocycles. The van der Waals surface area contributed by atoms with Crippen molar-refractivity contribution in [1.82, 2.24) is 0 Å². The average Bonchev–Trinajstić information content (AvgIpc) is 2.79. The predicted octanol–water partition coefficient (Wildman–Crippen LogP) is 4.73. The number of carbonyl (C=O) groups is 1. The van der Waals surface area contributed by atoms with Gasteiger partial charge in [0.2, 0.25) is 11.3 Å². The van der Waals surface area contributed by atoms with E-state index in [1.54, 1.807) is 87.0 Å². The van der Waals surface area contributed by atoms with Gasteiger partial charge in [0, 0.05) is 5.56 Å². The fourth-order valence-corrected chi connectivity index (χ4v) is 3.19. The number of nitrogens with one attached hydrogen (secondary N) is 1. The van der Waals surface area contributed by atoms with Crippen LogP contribution >= 0.6 is 0 Å². The van der Waals surface area contributed by atoms with Crippen molar-refractivity contribution in [3.8, 4) is 22.6 Å². The normalized spacial score (nSPS) is 10.6. The van der Waals surface area contributed by atoms with Crippen LogP contribution in [0.2, 0.25) is 0 Å². The first-order valence-corrected chi connectivity index (χ1v) is 9.26. The van der Waals surface area contributed by atoms with Gasteiger partial charge in [-0.25, -0.2) is 0 Å². The Balaban J connectivity index is 1.84. The number of hydrogen-bond acceptors (Lipinski definition) is 5. The van der Waals surface area contributed by atoms with Crippen LogP contribution in [0.3, 0.4) is 0 Å². The van der Waals surface area contributed by atoms with Crippen LogP contribution in [0.15, 0.2) is 82.0 Å². The van der Waals surface area contributed by atoms with Gasteiger partial charge in [0.25, 0.3) is 5.91 Å². The third kappa shape index (κ3) is 3.63. The molecule has 3 aromatic carbocycles. The number of hydrogen-bond donors (Lipinski definition) is 1.